The fourth-order valence-corrected chi connectivity index (χ4v) is 1.91. The lowest BCUT2D eigenvalue weighted by atomic mass is 10.2. The number of hydrogen-bond acceptors (Lipinski definition) is 3. The van der Waals surface area contributed by atoms with E-state index in [1.54, 1.807) is 6.20 Å². The van der Waals surface area contributed by atoms with Crippen molar-refractivity contribution >= 4 is 28.1 Å². The number of hydrogen-bond donors (Lipinski definition) is 1. The van der Waals surface area contributed by atoms with Gasteiger partial charge in [0.15, 0.2) is 0 Å². The summed E-state index contributed by atoms with van der Waals surface area (Å²) in [6.45, 7) is 2.71. The summed E-state index contributed by atoms with van der Waals surface area (Å²) in [5.41, 5.74) is 0. The predicted octanol–water partition coefficient (Wildman–Crippen LogP) is 3.39. The van der Waals surface area contributed by atoms with E-state index in [1.807, 2.05) is 6.92 Å². The molecule has 1 heterocycles. The van der Waals surface area contributed by atoms with Gasteiger partial charge in [-0.05, 0) is 41.6 Å². The first kappa shape index (κ1) is 11.2. The number of nitrogens with one attached hydrogen (secondary N) is 1. The number of rotatable bonds is 4. The molecule has 1 aliphatic carbocycles. The van der Waals surface area contributed by atoms with Gasteiger partial charge in [0.1, 0.15) is 16.6 Å². The van der Waals surface area contributed by atoms with E-state index in [0.29, 0.717) is 17.2 Å². The standard InChI is InChI=1S/C10H13BrN2OS/c1-2-14-8(6-3-4-6)9-12-5-7(11)10(15)13-9/h5-6,8H,2-4H2,1H3,(H,12,13,15). The summed E-state index contributed by atoms with van der Waals surface area (Å²) in [7, 11) is 0. The molecular weight excluding hydrogens is 276 g/mol. The van der Waals surface area contributed by atoms with Gasteiger partial charge in [-0.3, -0.25) is 0 Å². The van der Waals surface area contributed by atoms with Crippen molar-refractivity contribution in [3.05, 3.63) is 21.1 Å². The van der Waals surface area contributed by atoms with Crippen molar-refractivity contribution in [2.75, 3.05) is 6.61 Å². The summed E-state index contributed by atoms with van der Waals surface area (Å²) in [5, 5.41) is 0. The molecule has 1 aromatic heterocycles. The zero-order valence-corrected chi connectivity index (χ0v) is 10.9. The van der Waals surface area contributed by atoms with Gasteiger partial charge < -0.3 is 9.72 Å². The molecule has 1 aromatic rings. The Bertz CT molecular complexity index is 403. The van der Waals surface area contributed by atoms with Gasteiger partial charge in [-0.2, -0.15) is 0 Å². The van der Waals surface area contributed by atoms with Gasteiger partial charge in [-0.25, -0.2) is 4.98 Å². The zero-order chi connectivity index (χ0) is 10.8. The lowest BCUT2D eigenvalue weighted by Crippen LogP contribution is -2.10. The smallest absolute Gasteiger partial charge is 0.136 e. The topological polar surface area (TPSA) is 37.9 Å². The Kier molecular flexibility index (Phi) is 3.53. The number of halogens is 1. The fraction of sp³-hybridized carbons (Fsp3) is 0.600. The fourth-order valence-electron chi connectivity index (χ4n) is 1.55. The average Bonchev–Trinajstić information content (AvgIpc) is 3.02. The third-order valence-electron chi connectivity index (χ3n) is 2.44. The molecule has 3 nitrogen and oxygen atoms in total. The third-order valence-corrected chi connectivity index (χ3v) is 3.63. The maximum absolute atomic E-state index is 5.69. The van der Waals surface area contributed by atoms with Gasteiger partial charge in [0, 0.05) is 12.8 Å². The lowest BCUT2D eigenvalue weighted by molar-refractivity contribution is 0.0399. The molecule has 0 spiro atoms. The minimum Gasteiger partial charge on any atom is -0.370 e. The number of aromatic amines is 1. The Morgan fingerprint density at radius 2 is 2.47 bits per heavy atom. The van der Waals surface area contributed by atoms with Gasteiger partial charge in [0.25, 0.3) is 0 Å². The Morgan fingerprint density at radius 3 is 3.00 bits per heavy atom. The highest BCUT2D eigenvalue weighted by Gasteiger charge is 2.34. The molecule has 1 saturated carbocycles. The summed E-state index contributed by atoms with van der Waals surface area (Å²) in [4.78, 5) is 7.44. The minimum atomic E-state index is 0.0878. The van der Waals surface area contributed by atoms with Crippen LogP contribution in [0, 0.1) is 10.6 Å². The van der Waals surface area contributed by atoms with Crippen molar-refractivity contribution in [1.82, 2.24) is 9.97 Å². The first-order chi connectivity index (χ1) is 7.22. The Hall–Kier alpha value is -0.260. The molecule has 0 aromatic carbocycles. The monoisotopic (exact) mass is 288 g/mol. The molecule has 82 valence electrons. The molecular formula is C10H13BrN2OS. The van der Waals surface area contributed by atoms with E-state index in [1.165, 1.54) is 12.8 Å². The largest absolute Gasteiger partial charge is 0.370 e. The Labute approximate surface area is 102 Å². The Morgan fingerprint density at radius 1 is 1.73 bits per heavy atom. The maximum Gasteiger partial charge on any atom is 0.136 e. The SMILES string of the molecule is CCOC(c1ncc(Br)c(=S)[nH]1)C1CC1. The third kappa shape index (κ3) is 2.65. The van der Waals surface area contributed by atoms with Crippen molar-refractivity contribution in [2.45, 2.75) is 25.9 Å². The molecule has 1 fully saturated rings. The van der Waals surface area contributed by atoms with E-state index in [4.69, 9.17) is 17.0 Å². The molecule has 0 aliphatic heterocycles. The highest BCUT2D eigenvalue weighted by Crippen LogP contribution is 2.42. The molecule has 1 atom stereocenters. The molecule has 1 unspecified atom stereocenters. The van der Waals surface area contributed by atoms with Crippen molar-refractivity contribution < 1.29 is 4.74 Å². The summed E-state index contributed by atoms with van der Waals surface area (Å²) in [6.07, 6.45) is 4.28. The summed E-state index contributed by atoms with van der Waals surface area (Å²) < 4.78 is 7.20. The Balaban J connectivity index is 2.25. The molecule has 1 N–H and O–H groups in total. The van der Waals surface area contributed by atoms with Crippen LogP contribution in [0.2, 0.25) is 0 Å². The van der Waals surface area contributed by atoms with Crippen LogP contribution in [-0.4, -0.2) is 16.6 Å². The van der Waals surface area contributed by atoms with Crippen LogP contribution < -0.4 is 0 Å². The van der Waals surface area contributed by atoms with Crippen molar-refractivity contribution in [3.8, 4) is 0 Å². The van der Waals surface area contributed by atoms with Gasteiger partial charge >= 0.3 is 0 Å². The van der Waals surface area contributed by atoms with Gasteiger partial charge in [-0.1, -0.05) is 12.2 Å². The average molecular weight is 289 g/mol. The molecule has 1 aliphatic rings. The number of H-pyrrole nitrogens is 1. The molecule has 0 radical (unpaired) electrons. The van der Waals surface area contributed by atoms with Crippen LogP contribution in [0.3, 0.4) is 0 Å². The molecule has 0 amide bonds. The van der Waals surface area contributed by atoms with E-state index in [9.17, 15) is 0 Å². The molecule has 0 saturated heterocycles. The van der Waals surface area contributed by atoms with E-state index in [2.05, 4.69) is 25.9 Å². The molecule has 15 heavy (non-hydrogen) atoms. The first-order valence-electron chi connectivity index (χ1n) is 5.08. The minimum absolute atomic E-state index is 0.0878. The second-order valence-electron chi connectivity index (χ2n) is 3.66. The van der Waals surface area contributed by atoms with E-state index >= 15 is 0 Å². The van der Waals surface area contributed by atoms with Crippen molar-refractivity contribution in [1.29, 1.82) is 0 Å². The van der Waals surface area contributed by atoms with Crippen LogP contribution in [0.1, 0.15) is 31.7 Å². The highest BCUT2D eigenvalue weighted by atomic mass is 79.9. The lowest BCUT2D eigenvalue weighted by Gasteiger charge is -2.15. The first-order valence-corrected chi connectivity index (χ1v) is 6.28. The second-order valence-corrected chi connectivity index (χ2v) is 4.92. The van der Waals surface area contributed by atoms with Crippen LogP contribution in [0.4, 0.5) is 0 Å². The van der Waals surface area contributed by atoms with Gasteiger partial charge in [0.05, 0.1) is 4.47 Å². The number of ether oxygens (including phenoxy) is 1. The maximum atomic E-state index is 5.69. The van der Waals surface area contributed by atoms with Crippen molar-refractivity contribution in [3.63, 3.8) is 0 Å². The van der Waals surface area contributed by atoms with Crippen LogP contribution >= 0.6 is 28.1 Å². The number of nitrogens with zero attached hydrogens (tertiary/aromatic N) is 1. The quantitative estimate of drug-likeness (QED) is 0.863. The van der Waals surface area contributed by atoms with Crippen LogP contribution in [0.25, 0.3) is 0 Å². The number of aromatic nitrogens is 2. The summed E-state index contributed by atoms with van der Waals surface area (Å²) in [5.74, 6) is 1.47. The van der Waals surface area contributed by atoms with Crippen LogP contribution in [0.15, 0.2) is 10.7 Å². The predicted molar refractivity (Wildman–Crippen MR) is 64.2 cm³/mol. The molecule has 5 heteroatoms. The van der Waals surface area contributed by atoms with E-state index in [-0.39, 0.29) is 6.10 Å². The second kappa shape index (κ2) is 4.72. The van der Waals surface area contributed by atoms with E-state index < -0.39 is 0 Å². The normalized spacial score (nSPS) is 17.7. The van der Waals surface area contributed by atoms with Gasteiger partial charge in [0.2, 0.25) is 0 Å². The highest BCUT2D eigenvalue weighted by molar-refractivity contribution is 9.10. The molecule has 2 rings (SSSR count). The zero-order valence-electron chi connectivity index (χ0n) is 8.50. The summed E-state index contributed by atoms with van der Waals surface area (Å²) >= 11 is 8.48. The van der Waals surface area contributed by atoms with E-state index in [0.717, 1.165) is 10.3 Å². The van der Waals surface area contributed by atoms with Crippen LogP contribution in [-0.2, 0) is 4.74 Å². The van der Waals surface area contributed by atoms with Gasteiger partial charge in [-0.15, -0.1) is 0 Å². The van der Waals surface area contributed by atoms with Crippen LogP contribution in [0.5, 0.6) is 0 Å². The summed E-state index contributed by atoms with van der Waals surface area (Å²) in [6, 6.07) is 0. The van der Waals surface area contributed by atoms with Crippen molar-refractivity contribution in [2.24, 2.45) is 5.92 Å². The molecule has 0 bridgehead atoms.